The van der Waals surface area contributed by atoms with Crippen LogP contribution in [0.1, 0.15) is 5.56 Å². The number of hydrogen-bond donors (Lipinski definition) is 2. The Morgan fingerprint density at radius 2 is 1.90 bits per heavy atom. The van der Waals surface area contributed by atoms with Gasteiger partial charge in [-0.1, -0.05) is 0 Å². The summed E-state index contributed by atoms with van der Waals surface area (Å²) in [5.41, 5.74) is 2.12. The van der Waals surface area contributed by atoms with Gasteiger partial charge >= 0.3 is 0 Å². The van der Waals surface area contributed by atoms with Crippen LogP contribution in [0.2, 0.25) is 0 Å². The number of fused-ring (bicyclic) bond motifs is 3. The number of methoxy groups -OCH3 is 2. The first-order chi connectivity index (χ1) is 14.1. The van der Waals surface area contributed by atoms with Crippen molar-refractivity contribution in [3.8, 4) is 11.5 Å². The van der Waals surface area contributed by atoms with E-state index in [0.717, 1.165) is 10.9 Å². The number of nitrogens with one attached hydrogen (secondary N) is 2. The number of H-pyrrole nitrogens is 1. The van der Waals surface area contributed by atoms with Crippen LogP contribution in [0.3, 0.4) is 0 Å². The zero-order chi connectivity index (χ0) is 20.4. The van der Waals surface area contributed by atoms with Gasteiger partial charge in [0.25, 0.3) is 5.56 Å². The highest BCUT2D eigenvalue weighted by atomic mass is 16.5. The third kappa shape index (κ3) is 3.49. The van der Waals surface area contributed by atoms with Crippen molar-refractivity contribution in [3.05, 3.63) is 58.9 Å². The van der Waals surface area contributed by atoms with Crippen molar-refractivity contribution in [2.45, 2.75) is 13.1 Å². The minimum Gasteiger partial charge on any atom is -0.493 e. The Kier molecular flexibility index (Phi) is 4.86. The van der Waals surface area contributed by atoms with Crippen molar-refractivity contribution in [2.75, 3.05) is 14.2 Å². The molecule has 0 radical (unpaired) electrons. The fourth-order valence-electron chi connectivity index (χ4n) is 3.14. The topological polar surface area (TPSA) is 111 Å². The summed E-state index contributed by atoms with van der Waals surface area (Å²) in [5.74, 6) is 0.800. The molecule has 1 aromatic carbocycles. The number of carbonyl (C=O) groups excluding carboxylic acids is 1. The van der Waals surface area contributed by atoms with Crippen LogP contribution in [0, 0.1) is 0 Å². The van der Waals surface area contributed by atoms with Crippen molar-refractivity contribution in [1.29, 1.82) is 0 Å². The SMILES string of the molecule is COc1cc2[nH]c3c(=O)n(CC(=O)NCc4ccncc4)cnc3c2cc1OC. The van der Waals surface area contributed by atoms with Gasteiger partial charge in [-0.2, -0.15) is 0 Å². The molecule has 3 aromatic heterocycles. The quantitative estimate of drug-likeness (QED) is 0.515. The van der Waals surface area contributed by atoms with Crippen LogP contribution in [-0.4, -0.2) is 39.6 Å². The van der Waals surface area contributed by atoms with Gasteiger partial charge in [0.15, 0.2) is 11.5 Å². The van der Waals surface area contributed by atoms with E-state index in [1.165, 1.54) is 10.9 Å². The number of benzene rings is 1. The first-order valence-corrected chi connectivity index (χ1v) is 8.89. The molecule has 0 saturated heterocycles. The molecular weight excluding hydrogens is 374 g/mol. The summed E-state index contributed by atoms with van der Waals surface area (Å²) in [7, 11) is 3.09. The highest BCUT2D eigenvalue weighted by Crippen LogP contribution is 2.34. The zero-order valence-corrected chi connectivity index (χ0v) is 15.9. The van der Waals surface area contributed by atoms with Crippen LogP contribution in [0.4, 0.5) is 0 Å². The van der Waals surface area contributed by atoms with Crippen molar-refractivity contribution < 1.29 is 14.3 Å². The summed E-state index contributed by atoms with van der Waals surface area (Å²) in [6.45, 7) is 0.229. The first kappa shape index (κ1) is 18.5. The number of aromatic nitrogens is 4. The number of nitrogens with zero attached hydrogens (tertiary/aromatic N) is 3. The van der Waals surface area contributed by atoms with Gasteiger partial charge in [0, 0.05) is 30.4 Å². The maximum absolute atomic E-state index is 12.9. The van der Waals surface area contributed by atoms with E-state index in [9.17, 15) is 9.59 Å². The van der Waals surface area contributed by atoms with Crippen molar-refractivity contribution in [3.63, 3.8) is 0 Å². The smallest absolute Gasteiger partial charge is 0.278 e. The maximum atomic E-state index is 12.9. The number of hydrogen-bond acceptors (Lipinski definition) is 6. The van der Waals surface area contributed by atoms with Crippen LogP contribution >= 0.6 is 0 Å². The summed E-state index contributed by atoms with van der Waals surface area (Å²) in [4.78, 5) is 36.5. The molecule has 9 nitrogen and oxygen atoms in total. The van der Waals surface area contributed by atoms with Gasteiger partial charge in [-0.15, -0.1) is 0 Å². The lowest BCUT2D eigenvalue weighted by atomic mass is 10.2. The number of ether oxygens (including phenoxy) is 2. The Morgan fingerprint density at radius 1 is 1.17 bits per heavy atom. The highest BCUT2D eigenvalue weighted by molar-refractivity contribution is 6.05. The largest absolute Gasteiger partial charge is 0.493 e. The zero-order valence-electron chi connectivity index (χ0n) is 15.9. The molecule has 2 N–H and O–H groups in total. The molecule has 0 aliphatic heterocycles. The lowest BCUT2D eigenvalue weighted by Gasteiger charge is -2.07. The number of carbonyl (C=O) groups is 1. The second-order valence-corrected chi connectivity index (χ2v) is 6.41. The second-order valence-electron chi connectivity index (χ2n) is 6.41. The number of pyridine rings is 1. The van der Waals surface area contributed by atoms with E-state index >= 15 is 0 Å². The normalized spacial score (nSPS) is 11.0. The van der Waals surface area contributed by atoms with Gasteiger partial charge in [-0.3, -0.25) is 19.1 Å². The molecule has 9 heteroatoms. The van der Waals surface area contributed by atoms with Crippen LogP contribution in [0.15, 0.2) is 47.8 Å². The molecule has 3 heterocycles. The Labute approximate surface area is 165 Å². The molecule has 0 unspecified atom stereocenters. The van der Waals surface area contributed by atoms with E-state index in [2.05, 4.69) is 20.3 Å². The first-order valence-electron chi connectivity index (χ1n) is 8.89. The molecule has 4 rings (SSSR count). The number of amides is 1. The maximum Gasteiger partial charge on any atom is 0.278 e. The van der Waals surface area contributed by atoms with E-state index in [-0.39, 0.29) is 18.0 Å². The van der Waals surface area contributed by atoms with Crippen molar-refractivity contribution >= 4 is 27.8 Å². The van der Waals surface area contributed by atoms with Gasteiger partial charge in [-0.25, -0.2) is 4.98 Å². The van der Waals surface area contributed by atoms with Crippen LogP contribution < -0.4 is 20.3 Å². The summed E-state index contributed by atoms with van der Waals surface area (Å²) in [6.07, 6.45) is 4.69. The average Bonchev–Trinajstić information content (AvgIpc) is 3.12. The van der Waals surface area contributed by atoms with Gasteiger partial charge < -0.3 is 19.8 Å². The highest BCUT2D eigenvalue weighted by Gasteiger charge is 2.15. The third-order valence-corrected chi connectivity index (χ3v) is 4.63. The summed E-state index contributed by atoms with van der Waals surface area (Å²) >= 11 is 0. The lowest BCUT2D eigenvalue weighted by Crippen LogP contribution is -2.32. The van der Waals surface area contributed by atoms with E-state index in [1.807, 2.05) is 12.1 Å². The second kappa shape index (κ2) is 7.63. The summed E-state index contributed by atoms with van der Waals surface area (Å²) in [6, 6.07) is 7.15. The van der Waals surface area contributed by atoms with Gasteiger partial charge in [0.1, 0.15) is 17.6 Å². The minimum atomic E-state index is -0.330. The van der Waals surface area contributed by atoms with Crippen molar-refractivity contribution in [1.82, 2.24) is 24.8 Å². The third-order valence-electron chi connectivity index (χ3n) is 4.63. The Hall–Kier alpha value is -3.88. The summed E-state index contributed by atoms with van der Waals surface area (Å²) in [5, 5.41) is 3.52. The number of aromatic amines is 1. The Balaban J connectivity index is 1.62. The predicted molar refractivity (Wildman–Crippen MR) is 107 cm³/mol. The molecule has 1 amide bonds. The van der Waals surface area contributed by atoms with Crippen LogP contribution in [0.5, 0.6) is 11.5 Å². The molecular formula is C20H19N5O4. The van der Waals surface area contributed by atoms with Crippen LogP contribution in [-0.2, 0) is 17.9 Å². The summed E-state index contributed by atoms with van der Waals surface area (Å²) < 4.78 is 11.9. The molecule has 4 aromatic rings. The fourth-order valence-corrected chi connectivity index (χ4v) is 3.14. The van der Waals surface area contributed by atoms with Gasteiger partial charge in [0.2, 0.25) is 5.91 Å². The van der Waals surface area contributed by atoms with Gasteiger partial charge in [0.05, 0.1) is 26.1 Å². The lowest BCUT2D eigenvalue weighted by molar-refractivity contribution is -0.121. The Bertz CT molecular complexity index is 1250. The Morgan fingerprint density at radius 3 is 2.62 bits per heavy atom. The fraction of sp³-hybridized carbons (Fsp3) is 0.200. The monoisotopic (exact) mass is 393 g/mol. The molecule has 0 bridgehead atoms. The standard InChI is InChI=1S/C20H19N5O4/c1-28-15-7-13-14(8-16(15)29-2)24-19-18(13)23-11-25(20(19)27)10-17(26)22-9-12-3-5-21-6-4-12/h3-8,11,24H,9-10H2,1-2H3,(H,22,26). The van der Waals surface area contributed by atoms with E-state index in [1.54, 1.807) is 38.7 Å². The minimum absolute atomic E-state index is 0.130. The van der Waals surface area contributed by atoms with E-state index in [4.69, 9.17) is 9.47 Å². The number of rotatable bonds is 6. The molecule has 0 fully saturated rings. The molecule has 0 atom stereocenters. The molecule has 0 aliphatic carbocycles. The van der Waals surface area contributed by atoms with E-state index < -0.39 is 0 Å². The predicted octanol–water partition coefficient (Wildman–Crippen LogP) is 1.61. The molecule has 0 saturated carbocycles. The van der Waals surface area contributed by atoms with Crippen molar-refractivity contribution in [2.24, 2.45) is 0 Å². The molecule has 29 heavy (non-hydrogen) atoms. The van der Waals surface area contributed by atoms with E-state index in [0.29, 0.717) is 34.6 Å². The van der Waals surface area contributed by atoms with Crippen LogP contribution in [0.25, 0.3) is 21.9 Å². The average molecular weight is 393 g/mol. The van der Waals surface area contributed by atoms with Gasteiger partial charge in [-0.05, 0) is 23.8 Å². The molecule has 0 spiro atoms. The molecule has 148 valence electrons. The molecule has 0 aliphatic rings.